The van der Waals surface area contributed by atoms with Crippen molar-refractivity contribution in [2.45, 2.75) is 13.3 Å². The minimum atomic E-state index is -0.357. The molecule has 6 nitrogen and oxygen atoms in total. The highest BCUT2D eigenvalue weighted by atomic mass is 35.5. The van der Waals surface area contributed by atoms with Crippen LogP contribution in [0.3, 0.4) is 0 Å². The molecule has 2 aromatic rings. The average molecular weight is 389 g/mol. The minimum absolute atomic E-state index is 0.165. The summed E-state index contributed by atoms with van der Waals surface area (Å²) in [6.45, 7) is 1.87. The highest BCUT2D eigenvalue weighted by Crippen LogP contribution is 2.41. The van der Waals surface area contributed by atoms with Crippen molar-refractivity contribution in [2.24, 2.45) is 11.8 Å². The Bertz CT molecular complexity index is 884. The number of hydrogen-bond donors (Lipinski definition) is 2. The predicted molar refractivity (Wildman–Crippen MR) is 105 cm³/mol. The Hall–Kier alpha value is -2.73. The van der Waals surface area contributed by atoms with Crippen molar-refractivity contribution in [3.05, 3.63) is 47.0 Å². The standard InChI is InChI=1S/C20H21ClN2O4/c1-11-8-12(21)4-6-16(11)22-19(24)14-10-15(14)20(25)23-17-7-5-13(26-2)9-18(17)27-3/h4-9,14-15H,10H2,1-3H3,(H,22,24)(H,23,25). The van der Waals surface area contributed by atoms with Crippen molar-refractivity contribution in [3.63, 3.8) is 0 Å². The van der Waals surface area contributed by atoms with Gasteiger partial charge in [-0.1, -0.05) is 11.6 Å². The van der Waals surface area contributed by atoms with E-state index in [1.807, 2.05) is 6.92 Å². The molecule has 0 spiro atoms. The Morgan fingerprint density at radius 2 is 1.59 bits per heavy atom. The molecule has 1 aliphatic rings. The Labute approximate surface area is 162 Å². The number of amides is 2. The number of rotatable bonds is 6. The summed E-state index contributed by atoms with van der Waals surface area (Å²) in [7, 11) is 3.08. The number of hydrogen-bond acceptors (Lipinski definition) is 4. The van der Waals surface area contributed by atoms with Gasteiger partial charge in [0.25, 0.3) is 0 Å². The van der Waals surface area contributed by atoms with Crippen LogP contribution in [0, 0.1) is 18.8 Å². The van der Waals surface area contributed by atoms with Gasteiger partial charge in [0, 0.05) is 16.8 Å². The van der Waals surface area contributed by atoms with Crippen molar-refractivity contribution >= 4 is 34.8 Å². The lowest BCUT2D eigenvalue weighted by Gasteiger charge is -2.12. The topological polar surface area (TPSA) is 76.7 Å². The van der Waals surface area contributed by atoms with Gasteiger partial charge in [-0.2, -0.15) is 0 Å². The second-order valence-corrected chi connectivity index (χ2v) is 6.89. The molecule has 3 rings (SSSR count). The lowest BCUT2D eigenvalue weighted by Crippen LogP contribution is -2.21. The zero-order chi connectivity index (χ0) is 19.6. The van der Waals surface area contributed by atoms with Crippen molar-refractivity contribution in [3.8, 4) is 11.5 Å². The number of aryl methyl sites for hydroxylation is 1. The van der Waals surface area contributed by atoms with Crippen LogP contribution in [0.1, 0.15) is 12.0 Å². The maximum atomic E-state index is 12.5. The molecule has 0 radical (unpaired) electrons. The van der Waals surface area contributed by atoms with Crippen LogP contribution in [0.4, 0.5) is 11.4 Å². The summed E-state index contributed by atoms with van der Waals surface area (Å²) in [5.41, 5.74) is 2.12. The van der Waals surface area contributed by atoms with E-state index in [0.717, 1.165) is 5.56 Å². The van der Waals surface area contributed by atoms with E-state index < -0.39 is 0 Å². The summed E-state index contributed by atoms with van der Waals surface area (Å²) in [6.07, 6.45) is 0.517. The molecule has 2 N–H and O–H groups in total. The minimum Gasteiger partial charge on any atom is -0.497 e. The van der Waals surface area contributed by atoms with E-state index in [2.05, 4.69) is 10.6 Å². The highest BCUT2D eigenvalue weighted by molar-refractivity contribution is 6.30. The zero-order valence-corrected chi connectivity index (χ0v) is 16.1. The van der Waals surface area contributed by atoms with Gasteiger partial charge in [-0.3, -0.25) is 9.59 Å². The van der Waals surface area contributed by atoms with Crippen molar-refractivity contribution in [2.75, 3.05) is 24.9 Å². The number of nitrogens with one attached hydrogen (secondary N) is 2. The molecule has 2 aromatic carbocycles. The van der Waals surface area contributed by atoms with Gasteiger partial charge in [0.2, 0.25) is 11.8 Å². The van der Waals surface area contributed by atoms with E-state index in [1.165, 1.54) is 7.11 Å². The maximum absolute atomic E-state index is 12.5. The molecule has 1 aliphatic carbocycles. The number of halogens is 1. The molecule has 7 heteroatoms. The van der Waals surface area contributed by atoms with Crippen LogP contribution in [-0.4, -0.2) is 26.0 Å². The van der Waals surface area contributed by atoms with E-state index in [-0.39, 0.29) is 23.7 Å². The number of anilines is 2. The number of carbonyl (C=O) groups excluding carboxylic acids is 2. The molecule has 2 amide bonds. The van der Waals surface area contributed by atoms with Crippen molar-refractivity contribution in [1.82, 2.24) is 0 Å². The van der Waals surface area contributed by atoms with Gasteiger partial charge in [0.1, 0.15) is 11.5 Å². The summed E-state index contributed by atoms with van der Waals surface area (Å²) in [5.74, 6) is 0.0652. The fourth-order valence-corrected chi connectivity index (χ4v) is 3.12. The van der Waals surface area contributed by atoms with Crippen LogP contribution >= 0.6 is 11.6 Å². The normalized spacial score (nSPS) is 17.8. The van der Waals surface area contributed by atoms with E-state index in [1.54, 1.807) is 43.5 Å². The third kappa shape index (κ3) is 4.34. The third-order valence-electron chi connectivity index (χ3n) is 4.58. The Morgan fingerprint density at radius 1 is 0.963 bits per heavy atom. The first-order chi connectivity index (χ1) is 12.9. The monoisotopic (exact) mass is 388 g/mol. The second-order valence-electron chi connectivity index (χ2n) is 6.45. The Balaban J connectivity index is 1.61. The lowest BCUT2D eigenvalue weighted by atomic mass is 10.2. The highest BCUT2D eigenvalue weighted by Gasteiger charge is 2.48. The molecule has 0 heterocycles. The smallest absolute Gasteiger partial charge is 0.228 e. The molecule has 0 bridgehead atoms. The first kappa shape index (κ1) is 19.0. The largest absolute Gasteiger partial charge is 0.497 e. The quantitative estimate of drug-likeness (QED) is 0.787. The van der Waals surface area contributed by atoms with E-state index in [0.29, 0.717) is 34.3 Å². The summed E-state index contributed by atoms with van der Waals surface area (Å²) in [4.78, 5) is 24.9. The SMILES string of the molecule is COc1ccc(NC(=O)C2CC2C(=O)Nc2ccc(Cl)cc2C)c(OC)c1. The molecule has 27 heavy (non-hydrogen) atoms. The summed E-state index contributed by atoms with van der Waals surface area (Å²) < 4.78 is 10.4. The van der Waals surface area contributed by atoms with E-state index >= 15 is 0 Å². The van der Waals surface area contributed by atoms with E-state index in [4.69, 9.17) is 21.1 Å². The van der Waals surface area contributed by atoms with Crippen LogP contribution in [0.5, 0.6) is 11.5 Å². The van der Waals surface area contributed by atoms with Crippen LogP contribution in [0.2, 0.25) is 5.02 Å². The van der Waals surface area contributed by atoms with Crippen LogP contribution in [0.15, 0.2) is 36.4 Å². The third-order valence-corrected chi connectivity index (χ3v) is 4.81. The molecule has 1 saturated carbocycles. The molecule has 0 saturated heterocycles. The van der Waals surface area contributed by atoms with Gasteiger partial charge in [0.05, 0.1) is 31.7 Å². The summed E-state index contributed by atoms with van der Waals surface area (Å²) in [6, 6.07) is 10.4. The molecular formula is C20H21ClN2O4. The molecule has 0 aliphatic heterocycles. The van der Waals surface area contributed by atoms with E-state index in [9.17, 15) is 9.59 Å². The summed E-state index contributed by atoms with van der Waals surface area (Å²) in [5, 5.41) is 6.31. The van der Waals surface area contributed by atoms with Crippen LogP contribution in [0.25, 0.3) is 0 Å². The fraction of sp³-hybridized carbons (Fsp3) is 0.300. The molecule has 1 fully saturated rings. The number of ether oxygens (including phenoxy) is 2. The van der Waals surface area contributed by atoms with Crippen molar-refractivity contribution in [1.29, 1.82) is 0 Å². The Morgan fingerprint density at radius 3 is 2.19 bits per heavy atom. The fourth-order valence-electron chi connectivity index (χ4n) is 2.89. The molecule has 2 unspecified atom stereocenters. The molecule has 2 atom stereocenters. The summed E-state index contributed by atoms with van der Waals surface area (Å²) >= 11 is 5.93. The van der Waals surface area contributed by atoms with Crippen LogP contribution < -0.4 is 20.1 Å². The number of methoxy groups -OCH3 is 2. The van der Waals surface area contributed by atoms with Crippen molar-refractivity contribution < 1.29 is 19.1 Å². The lowest BCUT2D eigenvalue weighted by molar-refractivity contribution is -0.122. The first-order valence-electron chi connectivity index (χ1n) is 8.53. The molecule has 0 aromatic heterocycles. The van der Waals surface area contributed by atoms with Gasteiger partial charge in [0.15, 0.2) is 0 Å². The zero-order valence-electron chi connectivity index (χ0n) is 15.3. The first-order valence-corrected chi connectivity index (χ1v) is 8.90. The molecular weight excluding hydrogens is 368 g/mol. The van der Waals surface area contributed by atoms with Gasteiger partial charge in [-0.25, -0.2) is 0 Å². The second kappa shape index (κ2) is 7.88. The van der Waals surface area contributed by atoms with Gasteiger partial charge in [-0.15, -0.1) is 0 Å². The van der Waals surface area contributed by atoms with Gasteiger partial charge >= 0.3 is 0 Å². The van der Waals surface area contributed by atoms with Gasteiger partial charge < -0.3 is 20.1 Å². The van der Waals surface area contributed by atoms with Crippen LogP contribution in [-0.2, 0) is 9.59 Å². The predicted octanol–water partition coefficient (Wildman–Crippen LogP) is 3.88. The number of carbonyl (C=O) groups is 2. The number of benzene rings is 2. The molecule has 142 valence electrons. The average Bonchev–Trinajstić information content (AvgIpc) is 3.45. The van der Waals surface area contributed by atoms with Gasteiger partial charge in [-0.05, 0) is 49.2 Å². The maximum Gasteiger partial charge on any atom is 0.228 e. The Kier molecular flexibility index (Phi) is 5.56.